The van der Waals surface area contributed by atoms with E-state index < -0.39 is 0 Å². The molecule has 1 amide bonds. The molecule has 2 rings (SSSR count). The molecule has 1 atom stereocenters. The molecule has 0 aliphatic carbocycles. The monoisotopic (exact) mass is 348 g/mol. The van der Waals surface area contributed by atoms with Gasteiger partial charge in [-0.3, -0.25) is 4.79 Å². The van der Waals surface area contributed by atoms with Gasteiger partial charge < -0.3 is 15.8 Å². The van der Waals surface area contributed by atoms with Crippen LogP contribution in [0.2, 0.25) is 0 Å². The molecular weight excluding hydrogens is 324 g/mol. The molecule has 130 valence electrons. The van der Waals surface area contributed by atoms with Crippen LogP contribution in [0, 0.1) is 6.92 Å². The van der Waals surface area contributed by atoms with Gasteiger partial charge >= 0.3 is 0 Å². The number of nitrogen functional groups attached to an aromatic ring is 1. The summed E-state index contributed by atoms with van der Waals surface area (Å²) < 4.78 is 5.84. The van der Waals surface area contributed by atoms with Crippen molar-refractivity contribution in [1.82, 2.24) is 5.32 Å². The summed E-state index contributed by atoms with van der Waals surface area (Å²) in [6.07, 6.45) is 0.985. The summed E-state index contributed by atoms with van der Waals surface area (Å²) >= 11 is 0. The van der Waals surface area contributed by atoms with Gasteiger partial charge in [-0.2, -0.15) is 0 Å². The molecule has 24 heavy (non-hydrogen) atoms. The molecule has 0 radical (unpaired) electrons. The van der Waals surface area contributed by atoms with Crippen molar-refractivity contribution >= 4 is 24.0 Å². The number of carbonyl (C=O) groups excluding carboxylic acids is 1. The quantitative estimate of drug-likeness (QED) is 0.752. The second-order valence-electron chi connectivity index (χ2n) is 5.70. The minimum absolute atomic E-state index is 0. The number of halogens is 1. The van der Waals surface area contributed by atoms with Gasteiger partial charge in [0, 0.05) is 12.1 Å². The van der Waals surface area contributed by atoms with E-state index in [2.05, 4.69) is 5.32 Å². The predicted molar refractivity (Wildman–Crippen MR) is 101 cm³/mol. The average molecular weight is 349 g/mol. The summed E-state index contributed by atoms with van der Waals surface area (Å²) in [5, 5.41) is 2.91. The Balaban J connectivity index is 0.00000288. The number of hydrogen-bond donors (Lipinski definition) is 2. The summed E-state index contributed by atoms with van der Waals surface area (Å²) in [6, 6.07) is 15.5. The molecule has 0 aromatic heterocycles. The minimum atomic E-state index is -0.0816. The van der Waals surface area contributed by atoms with Gasteiger partial charge in [0.05, 0.1) is 6.54 Å². The van der Waals surface area contributed by atoms with Crippen molar-refractivity contribution in [2.45, 2.75) is 32.8 Å². The maximum Gasteiger partial charge on any atom is 0.220 e. The molecule has 0 heterocycles. The molecule has 0 aliphatic rings. The van der Waals surface area contributed by atoms with E-state index in [9.17, 15) is 4.79 Å². The standard InChI is InChI=1S/C19H24N2O2.ClH/c1-14-7-3-6-10-18(14)23-15(2)13-21-19(22)12-11-16-8-4-5-9-17(16)20;/h3-10,15H,11-13,20H2,1-2H3,(H,21,22);1H. The number of nitrogens with one attached hydrogen (secondary N) is 1. The van der Waals surface area contributed by atoms with Crippen LogP contribution in [0.5, 0.6) is 5.75 Å². The zero-order valence-electron chi connectivity index (χ0n) is 14.1. The molecule has 1 unspecified atom stereocenters. The first-order valence-electron chi connectivity index (χ1n) is 7.88. The molecular formula is C19H25ClN2O2. The normalized spacial score (nSPS) is 11.2. The maximum absolute atomic E-state index is 11.9. The van der Waals surface area contributed by atoms with Gasteiger partial charge in [0.1, 0.15) is 11.9 Å². The highest BCUT2D eigenvalue weighted by Crippen LogP contribution is 2.17. The van der Waals surface area contributed by atoms with Crippen molar-refractivity contribution in [3.8, 4) is 5.75 Å². The number of para-hydroxylation sites is 2. The first-order valence-corrected chi connectivity index (χ1v) is 7.88. The number of carbonyl (C=O) groups is 1. The van der Waals surface area contributed by atoms with Gasteiger partial charge in [-0.15, -0.1) is 12.4 Å². The fourth-order valence-electron chi connectivity index (χ4n) is 2.30. The van der Waals surface area contributed by atoms with Gasteiger partial charge in [-0.05, 0) is 43.5 Å². The first kappa shape index (κ1) is 19.8. The number of hydrogen-bond acceptors (Lipinski definition) is 3. The van der Waals surface area contributed by atoms with E-state index >= 15 is 0 Å². The van der Waals surface area contributed by atoms with E-state index in [0.29, 0.717) is 19.4 Å². The lowest BCUT2D eigenvalue weighted by Gasteiger charge is -2.17. The van der Waals surface area contributed by atoms with E-state index in [1.165, 1.54) is 0 Å². The summed E-state index contributed by atoms with van der Waals surface area (Å²) in [6.45, 7) is 4.43. The average Bonchev–Trinajstić information content (AvgIpc) is 2.54. The number of ether oxygens (including phenoxy) is 1. The third kappa shape index (κ3) is 6.13. The third-order valence-corrected chi connectivity index (χ3v) is 3.68. The number of aryl methyl sites for hydroxylation is 2. The molecule has 0 bridgehead atoms. The Labute approximate surface area is 149 Å². The molecule has 2 aromatic carbocycles. The smallest absolute Gasteiger partial charge is 0.220 e. The summed E-state index contributed by atoms with van der Waals surface area (Å²) in [5.74, 6) is 0.861. The third-order valence-electron chi connectivity index (χ3n) is 3.68. The van der Waals surface area contributed by atoms with Gasteiger partial charge in [0.25, 0.3) is 0 Å². The molecule has 0 spiro atoms. The fourth-order valence-corrected chi connectivity index (χ4v) is 2.30. The lowest BCUT2D eigenvalue weighted by atomic mass is 10.1. The van der Waals surface area contributed by atoms with Crippen LogP contribution in [0.25, 0.3) is 0 Å². The number of benzene rings is 2. The summed E-state index contributed by atoms with van der Waals surface area (Å²) in [5.41, 5.74) is 8.70. The Morgan fingerprint density at radius 1 is 1.17 bits per heavy atom. The highest BCUT2D eigenvalue weighted by atomic mass is 35.5. The predicted octanol–water partition coefficient (Wildman–Crippen LogP) is 3.52. The van der Waals surface area contributed by atoms with Crippen LogP contribution in [-0.4, -0.2) is 18.6 Å². The van der Waals surface area contributed by atoms with Crippen LogP contribution in [0.1, 0.15) is 24.5 Å². The summed E-state index contributed by atoms with van der Waals surface area (Å²) in [7, 11) is 0. The van der Waals surface area contributed by atoms with Crippen molar-refractivity contribution < 1.29 is 9.53 Å². The van der Waals surface area contributed by atoms with E-state index in [4.69, 9.17) is 10.5 Å². The second kappa shape index (κ2) is 9.83. The zero-order chi connectivity index (χ0) is 16.7. The fraction of sp³-hybridized carbons (Fsp3) is 0.316. The van der Waals surface area contributed by atoms with E-state index in [1.807, 2.05) is 62.4 Å². The van der Waals surface area contributed by atoms with Crippen LogP contribution in [-0.2, 0) is 11.2 Å². The Morgan fingerprint density at radius 2 is 1.83 bits per heavy atom. The number of anilines is 1. The van der Waals surface area contributed by atoms with Crippen molar-refractivity contribution in [1.29, 1.82) is 0 Å². The van der Waals surface area contributed by atoms with Gasteiger partial charge in [0.15, 0.2) is 0 Å². The molecule has 0 saturated heterocycles. The van der Waals surface area contributed by atoms with Crippen molar-refractivity contribution in [2.75, 3.05) is 12.3 Å². The van der Waals surface area contributed by atoms with Crippen LogP contribution in [0.4, 0.5) is 5.69 Å². The topological polar surface area (TPSA) is 64.3 Å². The number of amides is 1. The molecule has 0 saturated carbocycles. The molecule has 5 heteroatoms. The van der Waals surface area contributed by atoms with Gasteiger partial charge in [-0.25, -0.2) is 0 Å². The number of rotatable bonds is 7. The summed E-state index contributed by atoms with van der Waals surface area (Å²) in [4.78, 5) is 11.9. The lowest BCUT2D eigenvalue weighted by Crippen LogP contribution is -2.33. The minimum Gasteiger partial charge on any atom is -0.489 e. The second-order valence-corrected chi connectivity index (χ2v) is 5.70. The van der Waals surface area contributed by atoms with Crippen LogP contribution in [0.15, 0.2) is 48.5 Å². The van der Waals surface area contributed by atoms with Gasteiger partial charge in [-0.1, -0.05) is 36.4 Å². The van der Waals surface area contributed by atoms with Crippen LogP contribution in [0.3, 0.4) is 0 Å². The highest BCUT2D eigenvalue weighted by Gasteiger charge is 2.09. The highest BCUT2D eigenvalue weighted by molar-refractivity contribution is 5.85. The molecule has 0 fully saturated rings. The van der Waals surface area contributed by atoms with E-state index in [1.54, 1.807) is 0 Å². The van der Waals surface area contributed by atoms with Gasteiger partial charge in [0.2, 0.25) is 5.91 Å². The van der Waals surface area contributed by atoms with Crippen LogP contribution >= 0.6 is 12.4 Å². The largest absolute Gasteiger partial charge is 0.489 e. The Hall–Kier alpha value is -2.20. The van der Waals surface area contributed by atoms with Crippen LogP contribution < -0.4 is 15.8 Å². The van der Waals surface area contributed by atoms with E-state index in [-0.39, 0.29) is 24.4 Å². The number of nitrogens with two attached hydrogens (primary N) is 1. The lowest BCUT2D eigenvalue weighted by molar-refractivity contribution is -0.121. The van der Waals surface area contributed by atoms with Crippen molar-refractivity contribution in [3.63, 3.8) is 0 Å². The Kier molecular flexibility index (Phi) is 8.13. The Morgan fingerprint density at radius 3 is 2.54 bits per heavy atom. The first-order chi connectivity index (χ1) is 11.1. The molecule has 3 N–H and O–H groups in total. The SMILES string of the molecule is Cc1ccccc1OC(C)CNC(=O)CCc1ccccc1N.Cl. The van der Waals surface area contributed by atoms with Crippen molar-refractivity contribution in [2.24, 2.45) is 0 Å². The molecule has 2 aromatic rings. The molecule has 0 aliphatic heterocycles. The van der Waals surface area contributed by atoms with E-state index in [0.717, 1.165) is 22.6 Å². The maximum atomic E-state index is 11.9. The zero-order valence-corrected chi connectivity index (χ0v) is 14.9. The molecule has 4 nitrogen and oxygen atoms in total. The Bertz CT molecular complexity index is 661. The van der Waals surface area contributed by atoms with Crippen molar-refractivity contribution in [3.05, 3.63) is 59.7 Å².